The predicted molar refractivity (Wildman–Crippen MR) is 75.9 cm³/mol. The molecule has 18 heavy (non-hydrogen) atoms. The summed E-state index contributed by atoms with van der Waals surface area (Å²) in [5, 5.41) is 3.43. The molecule has 0 spiro atoms. The molecule has 1 fully saturated rings. The Labute approximate surface area is 113 Å². The summed E-state index contributed by atoms with van der Waals surface area (Å²) in [5.74, 6) is 0.560. The highest BCUT2D eigenvalue weighted by Gasteiger charge is 2.24. The Morgan fingerprint density at radius 3 is 2.67 bits per heavy atom. The third-order valence-electron chi connectivity index (χ3n) is 3.85. The van der Waals surface area contributed by atoms with Gasteiger partial charge >= 0.3 is 0 Å². The maximum atomic E-state index is 5.89. The first-order valence-corrected chi connectivity index (χ1v) is 7.59. The molecule has 3 atom stereocenters. The van der Waals surface area contributed by atoms with Gasteiger partial charge in [-0.3, -0.25) is 0 Å². The first-order chi connectivity index (χ1) is 8.69. The van der Waals surface area contributed by atoms with E-state index in [9.17, 15) is 0 Å². The second kappa shape index (κ2) is 8.89. The van der Waals surface area contributed by atoms with Gasteiger partial charge in [0.05, 0.1) is 12.2 Å². The Kier molecular flexibility index (Phi) is 7.87. The summed E-state index contributed by atoms with van der Waals surface area (Å²) in [6.07, 6.45) is 6.95. The molecule has 1 aliphatic rings. The lowest BCUT2D eigenvalue weighted by Crippen LogP contribution is -2.42. The van der Waals surface area contributed by atoms with Crippen LogP contribution in [0.5, 0.6) is 0 Å². The third kappa shape index (κ3) is 5.25. The molecule has 0 aromatic rings. The normalized spacial score (nSPS) is 23.5. The predicted octanol–water partition coefficient (Wildman–Crippen LogP) is 2.98. The molecule has 0 bridgehead atoms. The zero-order valence-electron chi connectivity index (χ0n) is 12.6. The topological polar surface area (TPSA) is 30.5 Å². The lowest BCUT2D eigenvalue weighted by atomic mass is 9.94. The van der Waals surface area contributed by atoms with Crippen LogP contribution in [-0.2, 0) is 9.47 Å². The van der Waals surface area contributed by atoms with Crippen LogP contribution in [0.1, 0.15) is 52.9 Å². The molecule has 0 aliphatic carbocycles. The van der Waals surface area contributed by atoms with Crippen molar-refractivity contribution in [1.29, 1.82) is 0 Å². The van der Waals surface area contributed by atoms with Crippen LogP contribution in [0, 0.1) is 5.92 Å². The zero-order valence-corrected chi connectivity index (χ0v) is 12.6. The van der Waals surface area contributed by atoms with Crippen LogP contribution < -0.4 is 5.32 Å². The van der Waals surface area contributed by atoms with Crippen LogP contribution in [-0.4, -0.2) is 38.5 Å². The van der Waals surface area contributed by atoms with E-state index in [0.29, 0.717) is 24.2 Å². The molecule has 1 heterocycles. The van der Waals surface area contributed by atoms with E-state index in [0.717, 1.165) is 13.2 Å². The number of hydrogen-bond acceptors (Lipinski definition) is 3. The number of rotatable bonds is 9. The zero-order chi connectivity index (χ0) is 13.4. The number of nitrogens with one attached hydrogen (secondary N) is 1. The lowest BCUT2D eigenvalue weighted by molar-refractivity contribution is 0.00167. The average Bonchev–Trinajstić information content (AvgIpc) is 2.85. The molecule has 3 heteroatoms. The highest BCUT2D eigenvalue weighted by Crippen LogP contribution is 2.20. The smallest absolute Gasteiger partial charge is 0.0750 e. The van der Waals surface area contributed by atoms with Gasteiger partial charge in [0.2, 0.25) is 0 Å². The number of hydrogen-bond donors (Lipinski definition) is 1. The van der Waals surface area contributed by atoms with E-state index in [1.165, 1.54) is 32.1 Å². The molecule has 0 aromatic carbocycles. The van der Waals surface area contributed by atoms with Gasteiger partial charge in [0.15, 0.2) is 0 Å². The van der Waals surface area contributed by atoms with Crippen molar-refractivity contribution in [3.8, 4) is 0 Å². The number of ether oxygens (including phenoxy) is 2. The Hall–Kier alpha value is -0.120. The van der Waals surface area contributed by atoms with Crippen molar-refractivity contribution in [2.24, 2.45) is 5.92 Å². The van der Waals surface area contributed by atoms with Gasteiger partial charge in [0.25, 0.3) is 0 Å². The molecule has 3 nitrogen and oxygen atoms in total. The molecule has 0 radical (unpaired) electrons. The fourth-order valence-electron chi connectivity index (χ4n) is 2.88. The van der Waals surface area contributed by atoms with E-state index in [1.54, 1.807) is 0 Å². The Morgan fingerprint density at radius 1 is 1.39 bits per heavy atom. The van der Waals surface area contributed by atoms with Gasteiger partial charge in [0, 0.05) is 19.3 Å². The minimum absolute atomic E-state index is 0.324. The van der Waals surface area contributed by atoms with Crippen LogP contribution in [0.2, 0.25) is 0 Å². The number of likely N-dealkylation sites (N-methyl/N-ethyl adjacent to an activating group) is 1. The summed E-state index contributed by atoms with van der Waals surface area (Å²) in [7, 11) is 2.05. The third-order valence-corrected chi connectivity index (χ3v) is 3.85. The van der Waals surface area contributed by atoms with Gasteiger partial charge in [-0.05, 0) is 52.0 Å². The van der Waals surface area contributed by atoms with Crippen molar-refractivity contribution in [1.82, 2.24) is 5.32 Å². The van der Waals surface area contributed by atoms with E-state index in [2.05, 4.69) is 26.1 Å². The van der Waals surface area contributed by atoms with E-state index < -0.39 is 0 Å². The van der Waals surface area contributed by atoms with Gasteiger partial charge in [-0.25, -0.2) is 0 Å². The SMILES string of the molecule is CCOC(C(C)C)C(CCCC1CCCO1)NC. The summed E-state index contributed by atoms with van der Waals surface area (Å²) in [6, 6.07) is 0.464. The molecule has 3 unspecified atom stereocenters. The van der Waals surface area contributed by atoms with Crippen molar-refractivity contribution in [2.45, 2.75) is 71.1 Å². The summed E-state index contributed by atoms with van der Waals surface area (Å²) >= 11 is 0. The van der Waals surface area contributed by atoms with Gasteiger partial charge in [-0.15, -0.1) is 0 Å². The molecule has 0 saturated carbocycles. The fraction of sp³-hybridized carbons (Fsp3) is 1.00. The average molecular weight is 257 g/mol. The standard InChI is InChI=1S/C15H31NO2/c1-5-17-15(12(2)3)14(16-4)10-6-8-13-9-7-11-18-13/h12-16H,5-11H2,1-4H3. The van der Waals surface area contributed by atoms with E-state index in [4.69, 9.17) is 9.47 Å². The van der Waals surface area contributed by atoms with Crippen LogP contribution in [0.25, 0.3) is 0 Å². The molecule has 1 aliphatic heterocycles. The van der Waals surface area contributed by atoms with Crippen LogP contribution >= 0.6 is 0 Å². The van der Waals surface area contributed by atoms with Crippen LogP contribution in [0.15, 0.2) is 0 Å². The van der Waals surface area contributed by atoms with Crippen molar-refractivity contribution in [2.75, 3.05) is 20.3 Å². The van der Waals surface area contributed by atoms with Crippen LogP contribution in [0.4, 0.5) is 0 Å². The monoisotopic (exact) mass is 257 g/mol. The maximum absolute atomic E-state index is 5.89. The van der Waals surface area contributed by atoms with Gasteiger partial charge in [0.1, 0.15) is 0 Å². The summed E-state index contributed by atoms with van der Waals surface area (Å²) < 4.78 is 11.6. The molecular weight excluding hydrogens is 226 g/mol. The van der Waals surface area contributed by atoms with Crippen molar-refractivity contribution < 1.29 is 9.47 Å². The Balaban J connectivity index is 2.29. The molecule has 0 amide bonds. The van der Waals surface area contributed by atoms with Crippen molar-refractivity contribution >= 4 is 0 Å². The minimum atomic E-state index is 0.324. The molecule has 1 N–H and O–H groups in total. The Bertz CT molecular complexity index is 203. The van der Waals surface area contributed by atoms with Gasteiger partial charge < -0.3 is 14.8 Å². The molecule has 108 valence electrons. The Morgan fingerprint density at radius 2 is 2.17 bits per heavy atom. The van der Waals surface area contributed by atoms with Crippen molar-refractivity contribution in [3.05, 3.63) is 0 Å². The summed E-state index contributed by atoms with van der Waals surface area (Å²) in [5.41, 5.74) is 0. The minimum Gasteiger partial charge on any atom is -0.378 e. The van der Waals surface area contributed by atoms with Gasteiger partial charge in [-0.2, -0.15) is 0 Å². The highest BCUT2D eigenvalue weighted by molar-refractivity contribution is 4.79. The van der Waals surface area contributed by atoms with Gasteiger partial charge in [-0.1, -0.05) is 13.8 Å². The van der Waals surface area contributed by atoms with Crippen molar-refractivity contribution in [3.63, 3.8) is 0 Å². The first kappa shape index (κ1) is 15.9. The van der Waals surface area contributed by atoms with E-state index in [1.807, 2.05) is 7.05 Å². The molecule has 0 aromatic heterocycles. The van der Waals surface area contributed by atoms with E-state index >= 15 is 0 Å². The second-order valence-corrected chi connectivity index (χ2v) is 5.63. The molecule has 1 saturated heterocycles. The molecular formula is C15H31NO2. The highest BCUT2D eigenvalue weighted by atomic mass is 16.5. The quantitative estimate of drug-likeness (QED) is 0.689. The molecule has 1 rings (SSSR count). The van der Waals surface area contributed by atoms with Crippen LogP contribution in [0.3, 0.4) is 0 Å². The largest absolute Gasteiger partial charge is 0.378 e. The first-order valence-electron chi connectivity index (χ1n) is 7.59. The summed E-state index contributed by atoms with van der Waals surface area (Å²) in [4.78, 5) is 0. The second-order valence-electron chi connectivity index (χ2n) is 5.63. The summed E-state index contributed by atoms with van der Waals surface area (Å²) in [6.45, 7) is 8.32. The maximum Gasteiger partial charge on any atom is 0.0750 e. The fourth-order valence-corrected chi connectivity index (χ4v) is 2.88. The van der Waals surface area contributed by atoms with E-state index in [-0.39, 0.29) is 0 Å². The lowest BCUT2D eigenvalue weighted by Gasteiger charge is -2.30.